The first kappa shape index (κ1) is 17.4. The first-order chi connectivity index (χ1) is 12.8. The minimum atomic E-state index is -4.08. The molecule has 10 heteroatoms. The summed E-state index contributed by atoms with van der Waals surface area (Å²) in [6.07, 6.45) is 4.70. The van der Waals surface area contributed by atoms with E-state index in [0.717, 1.165) is 8.96 Å². The molecule has 1 fully saturated rings. The highest BCUT2D eigenvalue weighted by molar-refractivity contribution is 6.58. The van der Waals surface area contributed by atoms with Crippen molar-refractivity contribution in [3.05, 3.63) is 41.4 Å². The molecule has 0 bridgehead atoms. The molecule has 3 aliphatic rings. The molecular weight excluding hydrogens is 359 g/mol. The number of hydroxylamine groups is 2. The molecule has 4 rings (SSSR count). The molecule has 140 valence electrons. The smallest absolute Gasteiger partial charge is 0.394 e. The van der Waals surface area contributed by atoms with E-state index in [1.54, 1.807) is 37.3 Å². The van der Waals surface area contributed by atoms with Gasteiger partial charge in [0.1, 0.15) is 5.71 Å². The second-order valence-electron chi connectivity index (χ2n) is 6.67. The van der Waals surface area contributed by atoms with Crippen molar-refractivity contribution in [1.82, 2.24) is 9.54 Å². The molecule has 0 N–H and O–H groups in total. The van der Waals surface area contributed by atoms with Crippen molar-refractivity contribution in [3.63, 3.8) is 0 Å². The van der Waals surface area contributed by atoms with Gasteiger partial charge in [0.2, 0.25) is 0 Å². The van der Waals surface area contributed by atoms with E-state index in [2.05, 4.69) is 0 Å². The van der Waals surface area contributed by atoms with E-state index in [1.165, 1.54) is 0 Å². The third kappa shape index (κ3) is 2.72. The van der Waals surface area contributed by atoms with Crippen LogP contribution in [0.25, 0.3) is 6.08 Å². The van der Waals surface area contributed by atoms with Gasteiger partial charge in [-0.05, 0) is 24.2 Å². The summed E-state index contributed by atoms with van der Waals surface area (Å²) in [7, 11) is 0. The number of aryl methyl sites for hydroxylation is 1. The Morgan fingerprint density at radius 2 is 1.93 bits per heavy atom. The monoisotopic (exact) mass is 375 g/mol. The van der Waals surface area contributed by atoms with Crippen molar-refractivity contribution in [3.8, 4) is 0 Å². The van der Waals surface area contributed by atoms with E-state index in [-0.39, 0.29) is 31.4 Å². The minimum Gasteiger partial charge on any atom is -0.394 e. The lowest BCUT2D eigenvalue weighted by Crippen LogP contribution is -2.50. The number of aromatic nitrogens is 1. The van der Waals surface area contributed by atoms with E-state index >= 15 is 8.63 Å². The number of carbonyl (C=O) groups is 3. The van der Waals surface area contributed by atoms with Crippen molar-refractivity contribution in [2.75, 3.05) is 0 Å². The zero-order valence-electron chi connectivity index (χ0n) is 14.5. The topological polar surface area (TPSA) is 71.6 Å². The fraction of sp³-hybridized carbons (Fsp3) is 0.294. The number of imide groups is 1. The average molecular weight is 375 g/mol. The number of carbonyl (C=O) groups excluding carboxylic acids is 3. The molecule has 7 nitrogen and oxygen atoms in total. The molecule has 27 heavy (non-hydrogen) atoms. The van der Waals surface area contributed by atoms with Crippen LogP contribution in [0.1, 0.15) is 37.6 Å². The molecule has 3 aliphatic heterocycles. The summed E-state index contributed by atoms with van der Waals surface area (Å²) in [5.74, 6) is -1.97. The van der Waals surface area contributed by atoms with Crippen LogP contribution in [-0.2, 0) is 25.6 Å². The molecule has 0 atom stereocenters. The molecule has 1 saturated heterocycles. The maximum absolute atomic E-state index is 15.1. The maximum atomic E-state index is 15.1. The number of hydrogen-bond acceptors (Lipinski definition) is 4. The van der Waals surface area contributed by atoms with Gasteiger partial charge in [-0.1, -0.05) is 0 Å². The standard InChI is InChI=1S/C17H16BF2N3O4/c1-11-2-3-13-10-14-5-4-12(22(14)18(19,20)21(11)13)6-9-17(26)27-23-15(24)7-8-16(23)25/h2-5,10H,6-9H2,1H3. The van der Waals surface area contributed by atoms with Crippen molar-refractivity contribution in [1.29, 1.82) is 0 Å². The minimum absolute atomic E-state index is 0.00144. The Labute approximate surface area is 153 Å². The summed E-state index contributed by atoms with van der Waals surface area (Å²) in [6.45, 7) is -2.46. The molecule has 0 unspecified atom stereocenters. The Hall–Kier alpha value is -3.04. The first-order valence-corrected chi connectivity index (χ1v) is 8.61. The fourth-order valence-electron chi connectivity index (χ4n) is 3.62. The summed E-state index contributed by atoms with van der Waals surface area (Å²) >= 11 is 0. The number of allylic oxidation sites excluding steroid dienone is 2. The van der Waals surface area contributed by atoms with Gasteiger partial charge in [0.15, 0.2) is 5.70 Å². The van der Waals surface area contributed by atoms with Crippen LogP contribution in [0.5, 0.6) is 0 Å². The predicted octanol–water partition coefficient (Wildman–Crippen LogP) is 1.65. The van der Waals surface area contributed by atoms with E-state index < -0.39 is 24.8 Å². The van der Waals surface area contributed by atoms with E-state index in [0.29, 0.717) is 22.2 Å². The van der Waals surface area contributed by atoms with Gasteiger partial charge in [-0.25, -0.2) is 4.79 Å². The Balaban J connectivity index is 1.52. The fourth-order valence-corrected chi connectivity index (χ4v) is 3.62. The van der Waals surface area contributed by atoms with Crippen LogP contribution in [0.3, 0.4) is 0 Å². The van der Waals surface area contributed by atoms with Crippen LogP contribution in [0.2, 0.25) is 0 Å². The number of halogens is 2. The third-order valence-corrected chi connectivity index (χ3v) is 4.89. The van der Waals surface area contributed by atoms with Gasteiger partial charge in [-0.3, -0.25) is 9.59 Å². The van der Waals surface area contributed by atoms with Gasteiger partial charge in [0, 0.05) is 43.7 Å². The van der Waals surface area contributed by atoms with Crippen LogP contribution in [0, 0.1) is 0 Å². The van der Waals surface area contributed by atoms with Crippen LogP contribution in [0.4, 0.5) is 8.63 Å². The number of hydrogen-bond donors (Lipinski definition) is 0. The van der Waals surface area contributed by atoms with E-state index in [9.17, 15) is 14.4 Å². The lowest BCUT2D eigenvalue weighted by molar-refractivity contribution is -0.361. The summed E-state index contributed by atoms with van der Waals surface area (Å²) in [6, 6.07) is 3.12. The molecule has 0 saturated carbocycles. The van der Waals surface area contributed by atoms with Crippen molar-refractivity contribution in [2.24, 2.45) is 0 Å². The highest BCUT2D eigenvalue weighted by Gasteiger charge is 2.51. The van der Waals surface area contributed by atoms with Gasteiger partial charge in [0.05, 0.1) is 6.42 Å². The molecule has 1 aromatic rings. The SMILES string of the molecule is CC1=[N+]2C(=Cc3ccc(CCC(=O)ON4C(=O)CCC4=O)n3[B-]2(F)F)C=C1. The van der Waals surface area contributed by atoms with Gasteiger partial charge in [0.25, 0.3) is 11.8 Å². The quantitative estimate of drug-likeness (QED) is 0.593. The number of amides is 2. The van der Waals surface area contributed by atoms with Crippen LogP contribution in [0.15, 0.2) is 30.0 Å². The zero-order valence-corrected chi connectivity index (χ0v) is 14.5. The molecule has 2 amide bonds. The number of nitrogens with zero attached hydrogens (tertiary/aromatic N) is 3. The molecule has 1 aromatic heterocycles. The van der Waals surface area contributed by atoms with Crippen LogP contribution < -0.4 is 0 Å². The second-order valence-corrected chi connectivity index (χ2v) is 6.67. The van der Waals surface area contributed by atoms with Gasteiger partial charge in [-0.2, -0.15) is 0 Å². The Bertz CT molecular complexity index is 961. The normalized spacial score (nSPS) is 20.1. The molecule has 0 aromatic carbocycles. The first-order valence-electron chi connectivity index (χ1n) is 8.61. The molecule has 0 radical (unpaired) electrons. The summed E-state index contributed by atoms with van der Waals surface area (Å²) < 4.78 is 32.1. The Morgan fingerprint density at radius 3 is 2.63 bits per heavy atom. The summed E-state index contributed by atoms with van der Waals surface area (Å²) in [4.78, 5) is 39.7. The Morgan fingerprint density at radius 1 is 1.22 bits per heavy atom. The van der Waals surface area contributed by atoms with E-state index in [4.69, 9.17) is 4.84 Å². The predicted molar refractivity (Wildman–Crippen MR) is 91.4 cm³/mol. The second kappa shape index (κ2) is 6.00. The number of fused-ring (bicyclic) bond motifs is 2. The highest BCUT2D eigenvalue weighted by Crippen LogP contribution is 2.32. The molecular formula is C17H16BF2N3O4. The van der Waals surface area contributed by atoms with Crippen molar-refractivity contribution in [2.45, 2.75) is 32.6 Å². The zero-order chi connectivity index (χ0) is 19.3. The van der Waals surface area contributed by atoms with Gasteiger partial charge < -0.3 is 22.4 Å². The van der Waals surface area contributed by atoms with Gasteiger partial charge >= 0.3 is 12.9 Å². The van der Waals surface area contributed by atoms with Crippen molar-refractivity contribution < 1.29 is 32.3 Å². The Kier molecular flexibility index (Phi) is 3.86. The highest BCUT2D eigenvalue weighted by atomic mass is 19.2. The molecule has 0 spiro atoms. The number of rotatable bonds is 4. The third-order valence-electron chi connectivity index (χ3n) is 4.89. The maximum Gasteiger partial charge on any atom is 0.737 e. The lowest BCUT2D eigenvalue weighted by atomic mass is 9.90. The molecule has 4 heterocycles. The van der Waals surface area contributed by atoms with Crippen LogP contribution >= 0.6 is 0 Å². The van der Waals surface area contributed by atoms with Crippen molar-refractivity contribution >= 4 is 36.5 Å². The average Bonchev–Trinajstić information content (AvgIpc) is 3.27. The van der Waals surface area contributed by atoms with Gasteiger partial charge in [-0.15, -0.1) is 5.06 Å². The molecule has 0 aliphatic carbocycles. The largest absolute Gasteiger partial charge is 0.737 e. The van der Waals surface area contributed by atoms with Crippen LogP contribution in [-0.4, -0.2) is 44.5 Å². The van der Waals surface area contributed by atoms with E-state index in [1.807, 2.05) is 0 Å². The summed E-state index contributed by atoms with van der Waals surface area (Å²) in [5.41, 5.74) is 1.52. The summed E-state index contributed by atoms with van der Waals surface area (Å²) in [5, 5.41) is 0.456. The lowest BCUT2D eigenvalue weighted by Gasteiger charge is -2.30.